The standard InChI is InChI=1S/C60H66Cl2N9O14P/c61-31-37-33-70(49(72)16-8-17-50(73)71-34-38(32-62)54-43-14-5-3-12-41(43)48(30-47(54)71)85-86(81,82)83)46-29-45(40-11-2-4-13-42(40)53(37)46)68-59(80)84-35-36-18-20-39(21-19-36)66-55(76)44(15-9-27-65-58(63)79)67-57(78)60(24-10-25-60)56(77)64-26-6-1-7-28-69-51(74)22-23-52(69)75/h2-5,11-14,18-23,29-30,37-38,44H,1,6-10,15-17,24-28,31-35H2,(H,64,77)(H,66,76)(H,67,78)(H,68,80)(H3,63,65,79)(H2,81,82,83)/t37-,38-,44+/m1/s1. The molecule has 1 saturated carbocycles. The van der Waals surface area contributed by atoms with Gasteiger partial charge in [0.25, 0.3) is 11.8 Å². The molecule has 1 aliphatic carbocycles. The predicted octanol–water partition coefficient (Wildman–Crippen LogP) is 7.68. The number of alkyl halides is 2. The summed E-state index contributed by atoms with van der Waals surface area (Å²) in [5.41, 5.74) is 7.71. The van der Waals surface area contributed by atoms with Gasteiger partial charge in [-0.1, -0.05) is 67.1 Å². The highest BCUT2D eigenvalue weighted by molar-refractivity contribution is 7.46. The van der Waals surface area contributed by atoms with Crippen molar-refractivity contribution in [3.63, 3.8) is 0 Å². The number of rotatable bonds is 26. The molecule has 26 heteroatoms. The van der Waals surface area contributed by atoms with E-state index in [0.29, 0.717) is 70.2 Å². The monoisotopic (exact) mass is 1240 g/mol. The van der Waals surface area contributed by atoms with Crippen molar-refractivity contribution < 1.29 is 66.8 Å². The van der Waals surface area contributed by atoms with Crippen LogP contribution in [-0.2, 0) is 49.5 Å². The summed E-state index contributed by atoms with van der Waals surface area (Å²) >= 11 is 13.0. The van der Waals surface area contributed by atoms with Crippen molar-refractivity contribution in [1.82, 2.24) is 20.9 Å². The van der Waals surface area contributed by atoms with Crippen molar-refractivity contribution in [2.45, 2.75) is 95.1 Å². The van der Waals surface area contributed by atoms with Gasteiger partial charge in [0.15, 0.2) is 0 Å². The molecule has 9 N–H and O–H groups in total. The van der Waals surface area contributed by atoms with Crippen molar-refractivity contribution in [2.75, 3.05) is 64.9 Å². The van der Waals surface area contributed by atoms with Gasteiger partial charge in [-0.25, -0.2) is 14.2 Å². The van der Waals surface area contributed by atoms with E-state index in [2.05, 4.69) is 26.6 Å². The number of fused-ring (bicyclic) bond motifs is 6. The van der Waals surface area contributed by atoms with Crippen LogP contribution in [0.4, 0.5) is 32.3 Å². The Bertz CT molecular complexity index is 3540. The number of carbonyl (C=O) groups is 9. The van der Waals surface area contributed by atoms with Gasteiger partial charge < -0.3 is 46.1 Å². The molecule has 10 amide bonds. The average Bonchev–Trinajstić information content (AvgIpc) is 1.59. The second kappa shape index (κ2) is 27.5. The number of urea groups is 1. The van der Waals surface area contributed by atoms with Gasteiger partial charge >= 0.3 is 19.9 Å². The van der Waals surface area contributed by atoms with Crippen LogP contribution in [-0.4, -0.2) is 119 Å². The highest BCUT2D eigenvalue weighted by Crippen LogP contribution is 2.50. The van der Waals surface area contributed by atoms with Crippen LogP contribution in [0.3, 0.4) is 0 Å². The highest BCUT2D eigenvalue weighted by atomic mass is 35.5. The number of phosphoric acid groups is 1. The molecule has 0 radical (unpaired) electrons. The molecule has 0 aromatic heterocycles. The van der Waals surface area contributed by atoms with E-state index in [1.54, 1.807) is 59.5 Å². The summed E-state index contributed by atoms with van der Waals surface area (Å²) in [4.78, 5) is 142. The maximum atomic E-state index is 14.2. The fourth-order valence-electron chi connectivity index (χ4n) is 11.5. The number of halogens is 2. The average molecular weight is 1240 g/mol. The topological polar surface area (TPSA) is 326 Å². The Labute approximate surface area is 504 Å². The maximum absolute atomic E-state index is 14.2. The van der Waals surface area contributed by atoms with E-state index >= 15 is 0 Å². The van der Waals surface area contributed by atoms with Crippen molar-refractivity contribution >= 4 is 129 Å². The van der Waals surface area contributed by atoms with Crippen molar-refractivity contribution in [3.05, 3.63) is 114 Å². The van der Waals surface area contributed by atoms with E-state index in [1.807, 2.05) is 24.3 Å². The van der Waals surface area contributed by atoms with Gasteiger partial charge in [-0.05, 0) is 97.0 Å². The molecule has 3 heterocycles. The number of nitrogens with two attached hydrogens (primary N) is 1. The van der Waals surface area contributed by atoms with Crippen LogP contribution < -0.4 is 46.6 Å². The molecule has 86 heavy (non-hydrogen) atoms. The highest BCUT2D eigenvalue weighted by Gasteiger charge is 2.51. The van der Waals surface area contributed by atoms with E-state index in [4.69, 9.17) is 38.2 Å². The number of unbranched alkanes of at least 4 members (excludes halogenated alkanes) is 2. The first-order valence-corrected chi connectivity index (χ1v) is 31.0. The Hall–Kier alpha value is -8.08. The predicted molar refractivity (Wildman–Crippen MR) is 323 cm³/mol. The van der Waals surface area contributed by atoms with Gasteiger partial charge in [-0.2, -0.15) is 0 Å². The molecule has 3 atom stereocenters. The molecular weight excluding hydrogens is 1170 g/mol. The third kappa shape index (κ3) is 14.3. The number of hydrogen-bond donors (Lipinski definition) is 8. The normalized spacial score (nSPS) is 17.0. The smallest absolute Gasteiger partial charge is 0.444 e. The van der Waals surface area contributed by atoms with E-state index < -0.39 is 49.1 Å². The zero-order valence-electron chi connectivity index (χ0n) is 46.8. The van der Waals surface area contributed by atoms with Crippen LogP contribution in [0.5, 0.6) is 5.75 Å². The molecule has 23 nitrogen and oxygen atoms in total. The number of ether oxygens (including phenoxy) is 1. The van der Waals surface area contributed by atoms with E-state index in [9.17, 15) is 57.5 Å². The zero-order valence-corrected chi connectivity index (χ0v) is 49.2. The number of benzene rings is 5. The Morgan fingerprint density at radius 2 is 1.28 bits per heavy atom. The van der Waals surface area contributed by atoms with Crippen LogP contribution in [0.15, 0.2) is 97.1 Å². The summed E-state index contributed by atoms with van der Waals surface area (Å²) in [7, 11) is -4.96. The van der Waals surface area contributed by atoms with Gasteiger partial charge in [0.2, 0.25) is 29.5 Å². The minimum atomic E-state index is -4.96. The number of anilines is 4. The molecule has 1 fully saturated rings. The molecular formula is C60H66Cl2N9O14P. The van der Waals surface area contributed by atoms with Crippen LogP contribution in [0.25, 0.3) is 21.5 Å². The van der Waals surface area contributed by atoms with Crippen molar-refractivity contribution in [1.29, 1.82) is 0 Å². The molecule has 4 aliphatic rings. The second-order valence-corrected chi connectivity index (χ2v) is 23.4. The number of carbonyl (C=O) groups excluding carboxylic acids is 9. The lowest BCUT2D eigenvalue weighted by Gasteiger charge is -2.39. The SMILES string of the molecule is NC(=O)NCCC[C@H](NC(=O)C1(C(=O)NCCCCCN2C(=O)C=CC2=O)CCC1)C(=O)Nc1ccc(COC(=O)Nc2cc3c(c4ccccc24)[C@H](CCl)CN3C(=O)CCCC(=O)N2C[C@@H](CCl)c3c2cc(OP(=O)(O)O)c2ccccc32)cc1. The third-order valence-electron chi connectivity index (χ3n) is 16.0. The Morgan fingerprint density at radius 3 is 1.86 bits per heavy atom. The van der Waals surface area contributed by atoms with Gasteiger partial charge in [0.05, 0.1) is 11.4 Å². The van der Waals surface area contributed by atoms with E-state index in [0.717, 1.165) is 21.4 Å². The first kappa shape index (κ1) is 62.5. The van der Waals surface area contributed by atoms with Crippen LogP contribution in [0, 0.1) is 5.41 Å². The fraction of sp³-hybridized carbons (Fsp3) is 0.383. The van der Waals surface area contributed by atoms with E-state index in [-0.39, 0.29) is 137 Å². The van der Waals surface area contributed by atoms with Gasteiger partial charge in [-0.3, -0.25) is 53.6 Å². The Morgan fingerprint density at radius 1 is 0.698 bits per heavy atom. The molecule has 5 aromatic carbocycles. The zero-order chi connectivity index (χ0) is 61.3. The summed E-state index contributed by atoms with van der Waals surface area (Å²) in [6, 6.07) is 22.1. The van der Waals surface area contributed by atoms with E-state index in [1.165, 1.54) is 23.1 Å². The molecule has 0 unspecified atom stereocenters. The van der Waals surface area contributed by atoms with Crippen LogP contribution in [0.1, 0.15) is 99.2 Å². The molecule has 3 aliphatic heterocycles. The van der Waals surface area contributed by atoms with Crippen LogP contribution >= 0.6 is 31.0 Å². The third-order valence-corrected chi connectivity index (χ3v) is 17.2. The number of amides is 10. The number of hydrogen-bond acceptors (Lipinski definition) is 12. The lowest BCUT2D eigenvalue weighted by atomic mass is 9.67. The molecule has 0 spiro atoms. The maximum Gasteiger partial charge on any atom is 0.524 e. The summed E-state index contributed by atoms with van der Waals surface area (Å²) in [5.74, 6) is -3.16. The lowest BCUT2D eigenvalue weighted by molar-refractivity contribution is -0.151. The molecule has 5 aromatic rings. The first-order chi connectivity index (χ1) is 41.3. The molecule has 0 bridgehead atoms. The largest absolute Gasteiger partial charge is 0.524 e. The minimum absolute atomic E-state index is 0.0162. The summed E-state index contributed by atoms with van der Waals surface area (Å²) in [6.45, 7) is 0.965. The van der Waals surface area contributed by atoms with Crippen LogP contribution in [0.2, 0.25) is 0 Å². The number of imide groups is 1. The summed E-state index contributed by atoms with van der Waals surface area (Å²) < 4.78 is 22.7. The van der Waals surface area contributed by atoms with Crippen molar-refractivity contribution in [3.8, 4) is 5.75 Å². The Kier molecular flexibility index (Phi) is 20.0. The quantitative estimate of drug-likeness (QED) is 0.00866. The minimum Gasteiger partial charge on any atom is -0.444 e. The summed E-state index contributed by atoms with van der Waals surface area (Å²) in [6.07, 6.45) is 5.05. The Balaban J connectivity index is 0.795. The summed E-state index contributed by atoms with van der Waals surface area (Å²) in [5, 5.41) is 16.3. The van der Waals surface area contributed by atoms with Gasteiger partial charge in [0.1, 0.15) is 23.8 Å². The number of nitrogens with zero attached hydrogens (tertiary/aromatic N) is 3. The second-order valence-electron chi connectivity index (χ2n) is 21.7. The number of nitrogens with one attached hydrogen (secondary N) is 5. The molecule has 9 rings (SSSR count). The molecule has 454 valence electrons. The fourth-order valence-corrected chi connectivity index (χ4v) is 12.4. The first-order valence-electron chi connectivity index (χ1n) is 28.4. The van der Waals surface area contributed by atoms with Crippen molar-refractivity contribution in [2.24, 2.45) is 11.1 Å². The number of phosphoric ester groups is 1. The lowest BCUT2D eigenvalue weighted by Crippen LogP contribution is -2.58. The molecule has 0 saturated heterocycles. The van der Waals surface area contributed by atoms with Gasteiger partial charge in [0, 0.05) is 110 Å². The van der Waals surface area contributed by atoms with Gasteiger partial charge in [-0.15, -0.1) is 23.2 Å². The number of primary amides is 1.